The monoisotopic (exact) mass is 245 g/mol. The molecule has 0 spiro atoms. The number of phenolic OH excluding ortho intramolecular Hbond substituents is 1. The van der Waals surface area contributed by atoms with Crippen molar-refractivity contribution in [3.63, 3.8) is 0 Å². The number of benzene rings is 1. The number of phenols is 1. The van der Waals surface area contributed by atoms with E-state index in [0.717, 1.165) is 22.6 Å². The van der Waals surface area contributed by atoms with E-state index < -0.39 is 0 Å². The van der Waals surface area contributed by atoms with Crippen LogP contribution in [0.4, 0.5) is 0 Å². The fraction of sp³-hybridized carbons (Fsp3) is 0.333. The summed E-state index contributed by atoms with van der Waals surface area (Å²) in [5.74, 6) is 2.15. The molecule has 0 fully saturated rings. The number of aromatic hydroxyl groups is 1. The Morgan fingerprint density at radius 2 is 2.00 bits per heavy atom. The third kappa shape index (κ3) is 2.93. The van der Waals surface area contributed by atoms with Crippen molar-refractivity contribution in [2.75, 3.05) is 0 Å². The van der Waals surface area contributed by atoms with Gasteiger partial charge in [0.2, 0.25) is 0 Å². The molecule has 0 radical (unpaired) electrons. The highest BCUT2D eigenvalue weighted by Gasteiger charge is 2.10. The zero-order valence-electron chi connectivity index (χ0n) is 11.0. The number of hydrogen-bond acceptors (Lipinski definition) is 3. The van der Waals surface area contributed by atoms with Gasteiger partial charge in [0.1, 0.15) is 17.3 Å². The minimum Gasteiger partial charge on any atom is -0.508 e. The summed E-state index contributed by atoms with van der Waals surface area (Å²) in [4.78, 5) is 0. The molecule has 1 heterocycles. The molecule has 18 heavy (non-hydrogen) atoms. The van der Waals surface area contributed by atoms with Gasteiger partial charge in [-0.3, -0.25) is 0 Å². The van der Waals surface area contributed by atoms with E-state index in [0.29, 0.717) is 12.3 Å². The lowest BCUT2D eigenvalue weighted by atomic mass is 10.0. The molecule has 3 heteroatoms. The lowest BCUT2D eigenvalue weighted by Gasteiger charge is -2.15. The van der Waals surface area contributed by atoms with Crippen molar-refractivity contribution >= 4 is 0 Å². The van der Waals surface area contributed by atoms with E-state index in [9.17, 15) is 5.11 Å². The van der Waals surface area contributed by atoms with Crippen LogP contribution in [0.2, 0.25) is 0 Å². The Bertz CT molecular complexity index is 531. The zero-order valence-corrected chi connectivity index (χ0v) is 11.0. The van der Waals surface area contributed by atoms with Crippen molar-refractivity contribution in [1.82, 2.24) is 5.32 Å². The van der Waals surface area contributed by atoms with Crippen LogP contribution in [0.1, 0.15) is 35.6 Å². The van der Waals surface area contributed by atoms with Crippen molar-refractivity contribution in [2.45, 2.75) is 33.4 Å². The molecule has 3 nitrogen and oxygen atoms in total. The van der Waals surface area contributed by atoms with Crippen LogP contribution in [-0.4, -0.2) is 5.11 Å². The fourth-order valence-electron chi connectivity index (χ4n) is 1.96. The number of furan rings is 1. The molecule has 1 aromatic carbocycles. The molecule has 1 atom stereocenters. The quantitative estimate of drug-likeness (QED) is 0.867. The Morgan fingerprint density at radius 1 is 1.22 bits per heavy atom. The summed E-state index contributed by atoms with van der Waals surface area (Å²) in [6, 6.07) is 9.63. The molecule has 0 bridgehead atoms. The minimum absolute atomic E-state index is 0.0790. The number of aryl methyl sites for hydroxylation is 2. The van der Waals surface area contributed by atoms with Gasteiger partial charge in [0.15, 0.2) is 0 Å². The molecule has 1 aromatic heterocycles. The Hall–Kier alpha value is -1.74. The van der Waals surface area contributed by atoms with E-state index in [2.05, 4.69) is 5.32 Å². The second kappa shape index (κ2) is 5.27. The minimum atomic E-state index is 0.0790. The lowest BCUT2D eigenvalue weighted by molar-refractivity contribution is 0.427. The molecule has 96 valence electrons. The second-order valence-electron chi connectivity index (χ2n) is 4.68. The van der Waals surface area contributed by atoms with E-state index in [1.807, 2.05) is 45.0 Å². The highest BCUT2D eigenvalue weighted by atomic mass is 16.3. The Morgan fingerprint density at radius 3 is 2.67 bits per heavy atom. The van der Waals surface area contributed by atoms with Gasteiger partial charge in [0.25, 0.3) is 0 Å². The topological polar surface area (TPSA) is 45.4 Å². The Labute approximate surface area is 107 Å². The van der Waals surface area contributed by atoms with Gasteiger partial charge in [0, 0.05) is 11.6 Å². The number of hydrogen-bond donors (Lipinski definition) is 2. The van der Waals surface area contributed by atoms with E-state index in [4.69, 9.17) is 4.42 Å². The molecule has 0 saturated carbocycles. The normalized spacial score (nSPS) is 12.6. The van der Waals surface area contributed by atoms with Gasteiger partial charge in [-0.05, 0) is 39.0 Å². The fourth-order valence-corrected chi connectivity index (χ4v) is 1.96. The van der Waals surface area contributed by atoms with Gasteiger partial charge in [-0.1, -0.05) is 17.7 Å². The lowest BCUT2D eigenvalue weighted by Crippen LogP contribution is -2.18. The van der Waals surface area contributed by atoms with Gasteiger partial charge in [-0.25, -0.2) is 0 Å². The van der Waals surface area contributed by atoms with Crippen LogP contribution in [-0.2, 0) is 6.54 Å². The first kappa shape index (κ1) is 12.7. The highest BCUT2D eigenvalue weighted by molar-refractivity contribution is 5.37. The van der Waals surface area contributed by atoms with Crippen molar-refractivity contribution in [2.24, 2.45) is 0 Å². The molecule has 0 amide bonds. The predicted molar refractivity (Wildman–Crippen MR) is 71.5 cm³/mol. The average Bonchev–Trinajstić information content (AvgIpc) is 2.75. The maximum absolute atomic E-state index is 9.84. The van der Waals surface area contributed by atoms with Gasteiger partial charge in [-0.2, -0.15) is 0 Å². The second-order valence-corrected chi connectivity index (χ2v) is 4.68. The molecule has 1 unspecified atom stereocenters. The first-order valence-corrected chi connectivity index (χ1v) is 6.14. The Kier molecular flexibility index (Phi) is 3.72. The van der Waals surface area contributed by atoms with Gasteiger partial charge in [0.05, 0.1) is 6.54 Å². The molecular formula is C15H19NO2. The van der Waals surface area contributed by atoms with Gasteiger partial charge < -0.3 is 14.8 Å². The SMILES string of the molecule is Cc1ccc(O)c(C(C)NCc2ccc(C)o2)c1. The first-order valence-electron chi connectivity index (χ1n) is 6.14. The summed E-state index contributed by atoms with van der Waals surface area (Å²) in [6.45, 7) is 6.64. The molecule has 0 aliphatic rings. The summed E-state index contributed by atoms with van der Waals surface area (Å²) < 4.78 is 5.50. The van der Waals surface area contributed by atoms with Crippen LogP contribution >= 0.6 is 0 Å². The largest absolute Gasteiger partial charge is 0.508 e. The van der Waals surface area contributed by atoms with E-state index in [1.54, 1.807) is 6.07 Å². The van der Waals surface area contributed by atoms with E-state index in [1.165, 1.54) is 0 Å². The van der Waals surface area contributed by atoms with Crippen molar-refractivity contribution in [1.29, 1.82) is 0 Å². The molecule has 2 aromatic rings. The van der Waals surface area contributed by atoms with Crippen LogP contribution in [0, 0.1) is 13.8 Å². The van der Waals surface area contributed by atoms with Crippen LogP contribution in [0.3, 0.4) is 0 Å². The number of nitrogens with one attached hydrogen (secondary N) is 1. The van der Waals surface area contributed by atoms with E-state index >= 15 is 0 Å². The van der Waals surface area contributed by atoms with Crippen molar-refractivity contribution in [3.05, 3.63) is 53.0 Å². The third-order valence-electron chi connectivity index (χ3n) is 3.03. The molecule has 0 aliphatic carbocycles. The van der Waals surface area contributed by atoms with Gasteiger partial charge >= 0.3 is 0 Å². The zero-order chi connectivity index (χ0) is 13.1. The summed E-state index contributed by atoms with van der Waals surface area (Å²) in [6.07, 6.45) is 0. The standard InChI is InChI=1S/C15H19NO2/c1-10-4-7-15(17)14(8-10)12(3)16-9-13-6-5-11(2)18-13/h4-8,12,16-17H,9H2,1-3H3. The van der Waals surface area contributed by atoms with Crippen LogP contribution in [0.15, 0.2) is 34.7 Å². The maximum atomic E-state index is 9.84. The van der Waals surface area contributed by atoms with Crippen LogP contribution in [0.5, 0.6) is 5.75 Å². The first-order chi connectivity index (χ1) is 8.56. The van der Waals surface area contributed by atoms with E-state index in [-0.39, 0.29) is 6.04 Å². The summed E-state index contributed by atoms with van der Waals surface area (Å²) in [5, 5.41) is 13.2. The number of rotatable bonds is 4. The average molecular weight is 245 g/mol. The molecule has 0 aliphatic heterocycles. The molecule has 2 N–H and O–H groups in total. The maximum Gasteiger partial charge on any atom is 0.120 e. The van der Waals surface area contributed by atoms with Crippen molar-refractivity contribution < 1.29 is 9.52 Å². The molecular weight excluding hydrogens is 226 g/mol. The smallest absolute Gasteiger partial charge is 0.120 e. The summed E-state index contributed by atoms with van der Waals surface area (Å²) in [5.41, 5.74) is 2.06. The molecule has 2 rings (SSSR count). The predicted octanol–water partition coefficient (Wildman–Crippen LogP) is 3.45. The van der Waals surface area contributed by atoms with Crippen LogP contribution in [0.25, 0.3) is 0 Å². The summed E-state index contributed by atoms with van der Waals surface area (Å²) in [7, 11) is 0. The Balaban J connectivity index is 2.03. The van der Waals surface area contributed by atoms with Gasteiger partial charge in [-0.15, -0.1) is 0 Å². The van der Waals surface area contributed by atoms with Crippen LogP contribution < -0.4 is 5.32 Å². The summed E-state index contributed by atoms with van der Waals surface area (Å²) >= 11 is 0. The highest BCUT2D eigenvalue weighted by Crippen LogP contribution is 2.25. The molecule has 0 saturated heterocycles. The van der Waals surface area contributed by atoms with Crippen molar-refractivity contribution in [3.8, 4) is 5.75 Å². The third-order valence-corrected chi connectivity index (χ3v) is 3.03.